The van der Waals surface area contributed by atoms with Crippen LogP contribution in [0.25, 0.3) is 0 Å². The molecule has 2 aromatic carbocycles. The quantitative estimate of drug-likeness (QED) is 0.650. The van der Waals surface area contributed by atoms with E-state index in [0.29, 0.717) is 34.7 Å². The van der Waals surface area contributed by atoms with Crippen molar-refractivity contribution in [3.63, 3.8) is 0 Å². The Hall–Kier alpha value is -1.78. The van der Waals surface area contributed by atoms with Gasteiger partial charge in [0.15, 0.2) is 0 Å². The van der Waals surface area contributed by atoms with Gasteiger partial charge in [-0.05, 0) is 36.8 Å². The molecule has 0 fully saturated rings. The van der Waals surface area contributed by atoms with Crippen LogP contribution in [0.3, 0.4) is 0 Å². The van der Waals surface area contributed by atoms with Gasteiger partial charge in [0.2, 0.25) is 0 Å². The van der Waals surface area contributed by atoms with Crippen LogP contribution < -0.4 is 15.2 Å². The molecule has 0 amide bonds. The lowest BCUT2D eigenvalue weighted by molar-refractivity contribution is 0.217. The SMILES string of the molecule is Cc1ccc(OCCOc2ccccc2C(N)=S)c(Cl)c1. The van der Waals surface area contributed by atoms with E-state index < -0.39 is 0 Å². The van der Waals surface area contributed by atoms with Gasteiger partial charge in [-0.1, -0.05) is 42.0 Å². The second-order valence-corrected chi connectivity index (χ2v) is 5.34. The van der Waals surface area contributed by atoms with Gasteiger partial charge in [-0.2, -0.15) is 0 Å². The van der Waals surface area contributed by atoms with Gasteiger partial charge in [-0.3, -0.25) is 0 Å². The number of ether oxygens (including phenoxy) is 2. The summed E-state index contributed by atoms with van der Waals surface area (Å²) in [4.78, 5) is 0.313. The first-order chi connectivity index (χ1) is 10.1. The molecule has 0 spiro atoms. The Labute approximate surface area is 134 Å². The third kappa shape index (κ3) is 4.34. The van der Waals surface area contributed by atoms with Crippen molar-refractivity contribution >= 4 is 28.8 Å². The van der Waals surface area contributed by atoms with Gasteiger partial charge >= 0.3 is 0 Å². The smallest absolute Gasteiger partial charge is 0.138 e. The van der Waals surface area contributed by atoms with Gasteiger partial charge in [0.05, 0.1) is 10.6 Å². The zero-order chi connectivity index (χ0) is 15.2. The van der Waals surface area contributed by atoms with Crippen LogP contribution in [0.2, 0.25) is 5.02 Å². The zero-order valence-electron chi connectivity index (χ0n) is 11.6. The van der Waals surface area contributed by atoms with Crippen LogP contribution in [0.5, 0.6) is 11.5 Å². The van der Waals surface area contributed by atoms with Gasteiger partial charge in [0.25, 0.3) is 0 Å². The Balaban J connectivity index is 1.89. The van der Waals surface area contributed by atoms with Crippen molar-refractivity contribution in [3.8, 4) is 11.5 Å². The average Bonchev–Trinajstić information content (AvgIpc) is 2.45. The molecule has 0 aliphatic heterocycles. The third-order valence-corrected chi connectivity index (χ3v) is 3.35. The third-order valence-electron chi connectivity index (χ3n) is 2.84. The van der Waals surface area contributed by atoms with Crippen molar-refractivity contribution in [1.82, 2.24) is 0 Å². The average molecular weight is 322 g/mol. The molecule has 0 radical (unpaired) electrons. The van der Waals surface area contributed by atoms with Crippen LogP contribution >= 0.6 is 23.8 Å². The zero-order valence-corrected chi connectivity index (χ0v) is 13.2. The number of hydrogen-bond donors (Lipinski definition) is 1. The van der Waals surface area contributed by atoms with Crippen molar-refractivity contribution in [2.75, 3.05) is 13.2 Å². The van der Waals surface area contributed by atoms with Crippen LogP contribution in [0.1, 0.15) is 11.1 Å². The van der Waals surface area contributed by atoms with Gasteiger partial charge < -0.3 is 15.2 Å². The van der Waals surface area contributed by atoms with Gasteiger partial charge in [-0.25, -0.2) is 0 Å². The topological polar surface area (TPSA) is 44.5 Å². The molecule has 0 heterocycles. The molecule has 2 aromatic rings. The van der Waals surface area contributed by atoms with E-state index in [4.69, 9.17) is 39.0 Å². The minimum Gasteiger partial charge on any atom is -0.489 e. The maximum absolute atomic E-state index is 6.09. The second kappa shape index (κ2) is 7.29. The number of aryl methyl sites for hydroxylation is 1. The Morgan fingerprint density at radius 1 is 1.10 bits per heavy atom. The van der Waals surface area contributed by atoms with Crippen molar-refractivity contribution in [2.24, 2.45) is 5.73 Å². The lowest BCUT2D eigenvalue weighted by Crippen LogP contribution is -2.14. The highest BCUT2D eigenvalue weighted by molar-refractivity contribution is 7.80. The van der Waals surface area contributed by atoms with Crippen molar-refractivity contribution < 1.29 is 9.47 Å². The predicted molar refractivity (Wildman–Crippen MR) is 89.5 cm³/mol. The molecule has 0 aliphatic carbocycles. The second-order valence-electron chi connectivity index (χ2n) is 4.49. The van der Waals surface area contributed by atoms with E-state index in [-0.39, 0.29) is 0 Å². The summed E-state index contributed by atoms with van der Waals surface area (Å²) in [5.41, 5.74) is 7.46. The first kappa shape index (κ1) is 15.6. The van der Waals surface area contributed by atoms with E-state index in [1.54, 1.807) is 0 Å². The van der Waals surface area contributed by atoms with Crippen LogP contribution in [-0.2, 0) is 0 Å². The van der Waals surface area contributed by atoms with E-state index >= 15 is 0 Å². The van der Waals surface area contributed by atoms with Gasteiger partial charge in [0, 0.05) is 0 Å². The fourth-order valence-electron chi connectivity index (χ4n) is 1.82. The molecule has 2 rings (SSSR count). The minimum atomic E-state index is 0.313. The van der Waals surface area contributed by atoms with E-state index in [0.717, 1.165) is 11.1 Å². The molecule has 110 valence electrons. The maximum Gasteiger partial charge on any atom is 0.138 e. The molecular weight excluding hydrogens is 306 g/mol. The normalized spacial score (nSPS) is 10.2. The van der Waals surface area contributed by atoms with Crippen molar-refractivity contribution in [3.05, 3.63) is 58.6 Å². The first-order valence-corrected chi connectivity index (χ1v) is 7.27. The number of rotatable bonds is 6. The molecule has 3 nitrogen and oxygen atoms in total. The number of nitrogens with two attached hydrogens (primary N) is 1. The summed E-state index contributed by atoms with van der Waals surface area (Å²) in [6.45, 7) is 2.74. The van der Waals surface area contributed by atoms with E-state index in [1.165, 1.54) is 0 Å². The van der Waals surface area contributed by atoms with E-state index in [2.05, 4.69) is 0 Å². The van der Waals surface area contributed by atoms with Crippen molar-refractivity contribution in [1.29, 1.82) is 0 Å². The highest BCUT2D eigenvalue weighted by Gasteiger charge is 2.06. The molecule has 0 unspecified atom stereocenters. The predicted octanol–water partition coefficient (Wildman–Crippen LogP) is 3.74. The number of hydrogen-bond acceptors (Lipinski definition) is 3. The monoisotopic (exact) mass is 321 g/mol. The summed E-state index contributed by atoms with van der Waals surface area (Å²) in [5.74, 6) is 1.30. The molecule has 0 aromatic heterocycles. The summed E-state index contributed by atoms with van der Waals surface area (Å²) in [6.07, 6.45) is 0. The van der Waals surface area contributed by atoms with Crippen LogP contribution in [0.4, 0.5) is 0 Å². The fourth-order valence-corrected chi connectivity index (χ4v) is 2.28. The molecule has 5 heteroatoms. The Kier molecular flexibility index (Phi) is 5.42. The van der Waals surface area contributed by atoms with Gasteiger partial charge in [0.1, 0.15) is 29.7 Å². The molecule has 0 aliphatic rings. The largest absolute Gasteiger partial charge is 0.489 e. The summed E-state index contributed by atoms with van der Waals surface area (Å²) >= 11 is 11.1. The summed E-state index contributed by atoms with van der Waals surface area (Å²) in [6, 6.07) is 13.0. The minimum absolute atomic E-state index is 0.313. The van der Waals surface area contributed by atoms with Crippen molar-refractivity contribution in [2.45, 2.75) is 6.92 Å². The Bertz CT molecular complexity index is 646. The fraction of sp³-hybridized carbons (Fsp3) is 0.188. The van der Waals surface area contributed by atoms with Crippen LogP contribution in [0, 0.1) is 6.92 Å². The van der Waals surface area contributed by atoms with Gasteiger partial charge in [-0.15, -0.1) is 0 Å². The van der Waals surface area contributed by atoms with Crippen LogP contribution in [0.15, 0.2) is 42.5 Å². The van der Waals surface area contributed by atoms with Crippen LogP contribution in [-0.4, -0.2) is 18.2 Å². The molecule has 0 bridgehead atoms. The number of benzene rings is 2. The lowest BCUT2D eigenvalue weighted by Gasteiger charge is -2.12. The maximum atomic E-state index is 6.09. The summed E-state index contributed by atoms with van der Waals surface area (Å²) in [7, 11) is 0. The summed E-state index contributed by atoms with van der Waals surface area (Å²) in [5, 5.41) is 0.596. The Morgan fingerprint density at radius 2 is 1.76 bits per heavy atom. The number of para-hydroxylation sites is 1. The number of halogens is 1. The van der Waals surface area contributed by atoms with E-state index in [9.17, 15) is 0 Å². The molecule has 21 heavy (non-hydrogen) atoms. The van der Waals surface area contributed by atoms with E-state index in [1.807, 2.05) is 49.4 Å². The highest BCUT2D eigenvalue weighted by Crippen LogP contribution is 2.25. The molecule has 2 N–H and O–H groups in total. The number of thiocarbonyl (C=S) groups is 1. The standard InChI is InChI=1S/C16H16ClNO2S/c1-11-6-7-15(13(17)10-11)20-9-8-19-14-5-3-2-4-12(14)16(18)21/h2-7,10H,8-9H2,1H3,(H2,18,21). The molecule has 0 saturated heterocycles. The molecule has 0 atom stereocenters. The molecular formula is C16H16ClNO2S. The molecule has 0 saturated carbocycles. The lowest BCUT2D eigenvalue weighted by atomic mass is 10.2. The first-order valence-electron chi connectivity index (χ1n) is 6.48. The highest BCUT2D eigenvalue weighted by atomic mass is 35.5. The Morgan fingerprint density at radius 3 is 2.43 bits per heavy atom. The summed E-state index contributed by atoms with van der Waals surface area (Å²) < 4.78 is 11.2.